The lowest BCUT2D eigenvalue weighted by Crippen LogP contribution is -2.64. The third-order valence-electron chi connectivity index (χ3n) is 2.93. The van der Waals surface area contributed by atoms with Crippen molar-refractivity contribution in [3.63, 3.8) is 0 Å². The van der Waals surface area contributed by atoms with Gasteiger partial charge in [0.1, 0.15) is 5.60 Å². The fourth-order valence-corrected chi connectivity index (χ4v) is 2.11. The van der Waals surface area contributed by atoms with Crippen LogP contribution in [0.25, 0.3) is 0 Å². The topological polar surface area (TPSA) is 98.7 Å². The summed E-state index contributed by atoms with van der Waals surface area (Å²) in [7, 11) is 0. The summed E-state index contributed by atoms with van der Waals surface area (Å²) in [5.74, 6) is -1.33. The van der Waals surface area contributed by atoms with Gasteiger partial charge in [0.2, 0.25) is 0 Å². The predicted molar refractivity (Wildman–Crippen MR) is 68.0 cm³/mol. The minimum Gasteiger partial charge on any atom is -0.631 e. The Hall–Kier alpha value is -1.34. The molecule has 7 nitrogen and oxygen atoms in total. The van der Waals surface area contributed by atoms with Crippen molar-refractivity contribution >= 4 is 12.1 Å². The van der Waals surface area contributed by atoms with E-state index in [1.807, 2.05) is 0 Å². The summed E-state index contributed by atoms with van der Waals surface area (Å²) >= 11 is 0. The molecule has 1 aliphatic rings. The third kappa shape index (κ3) is 4.68. The van der Waals surface area contributed by atoms with Crippen molar-refractivity contribution in [1.82, 2.24) is 5.32 Å². The van der Waals surface area contributed by atoms with Crippen LogP contribution in [0.4, 0.5) is 4.79 Å². The number of ether oxygens (including phenoxy) is 1. The maximum Gasteiger partial charge on any atom is 0.412 e. The Balaban J connectivity index is 2.73. The number of carboxylic acid groups (broad SMARTS) is 1. The molecule has 0 aromatic carbocycles. The molecule has 0 spiro atoms. The molecule has 0 radical (unpaired) electrons. The summed E-state index contributed by atoms with van der Waals surface area (Å²) < 4.78 is 4.07. The van der Waals surface area contributed by atoms with E-state index in [9.17, 15) is 14.8 Å². The average molecular weight is 274 g/mol. The molecule has 1 aliphatic heterocycles. The SMILES string of the molecule is CC(C)(C)OC(=O)NC(C(=O)O)[N+]1([O-])CCCCC1. The number of alkyl carbamates (subject to hydrolysis) is 1. The van der Waals surface area contributed by atoms with Crippen molar-refractivity contribution in [3.8, 4) is 0 Å². The summed E-state index contributed by atoms with van der Waals surface area (Å²) in [5, 5.41) is 23.8. The molecule has 110 valence electrons. The minimum atomic E-state index is -1.50. The molecule has 0 bridgehead atoms. The number of nitrogens with one attached hydrogen (secondary N) is 1. The highest BCUT2D eigenvalue weighted by Gasteiger charge is 2.38. The summed E-state index contributed by atoms with van der Waals surface area (Å²) in [6, 6.07) is 0. The molecule has 0 aromatic heterocycles. The molecule has 2 N–H and O–H groups in total. The van der Waals surface area contributed by atoms with E-state index in [0.717, 1.165) is 6.42 Å². The number of carbonyl (C=O) groups is 2. The lowest BCUT2D eigenvalue weighted by atomic mass is 10.1. The molecule has 1 fully saturated rings. The molecule has 1 amide bonds. The quantitative estimate of drug-likeness (QED) is 0.599. The summed E-state index contributed by atoms with van der Waals surface area (Å²) in [4.78, 5) is 22.8. The van der Waals surface area contributed by atoms with Crippen LogP contribution in [-0.2, 0) is 9.53 Å². The second-order valence-corrected chi connectivity index (χ2v) is 5.85. The van der Waals surface area contributed by atoms with Crippen LogP contribution in [0.2, 0.25) is 0 Å². The first-order valence-electron chi connectivity index (χ1n) is 6.44. The van der Waals surface area contributed by atoms with Crippen LogP contribution in [-0.4, -0.2) is 46.7 Å². The highest BCUT2D eigenvalue weighted by molar-refractivity contribution is 5.78. The second-order valence-electron chi connectivity index (χ2n) is 5.85. The van der Waals surface area contributed by atoms with Gasteiger partial charge in [-0.25, -0.2) is 9.59 Å². The predicted octanol–water partition coefficient (Wildman–Crippen LogP) is 1.42. The van der Waals surface area contributed by atoms with Gasteiger partial charge in [0.25, 0.3) is 6.17 Å². The van der Waals surface area contributed by atoms with Crippen LogP contribution in [0.5, 0.6) is 0 Å². The van der Waals surface area contributed by atoms with Gasteiger partial charge in [-0.1, -0.05) is 0 Å². The van der Waals surface area contributed by atoms with E-state index in [1.54, 1.807) is 20.8 Å². The normalized spacial score (nSPS) is 20.4. The molecule has 0 aromatic rings. The van der Waals surface area contributed by atoms with E-state index in [0.29, 0.717) is 12.8 Å². The average Bonchev–Trinajstić information content (AvgIpc) is 2.24. The Labute approximate surface area is 112 Å². The number of amides is 1. The number of carbonyl (C=O) groups excluding carboxylic acids is 1. The van der Waals surface area contributed by atoms with E-state index < -0.39 is 28.5 Å². The van der Waals surface area contributed by atoms with Crippen molar-refractivity contribution in [3.05, 3.63) is 5.21 Å². The van der Waals surface area contributed by atoms with Crippen LogP contribution < -0.4 is 5.32 Å². The zero-order chi connectivity index (χ0) is 14.7. The van der Waals surface area contributed by atoms with Crippen LogP contribution in [0.3, 0.4) is 0 Å². The fraction of sp³-hybridized carbons (Fsp3) is 0.833. The number of hydroxylamine groups is 3. The number of carboxylic acids is 1. The maximum atomic E-state index is 12.5. The number of aliphatic carboxylic acids is 1. The smallest absolute Gasteiger partial charge is 0.412 e. The molecule has 0 saturated carbocycles. The summed E-state index contributed by atoms with van der Waals surface area (Å²) in [5.41, 5.74) is -0.733. The Morgan fingerprint density at radius 1 is 1.26 bits per heavy atom. The number of hydrogen-bond acceptors (Lipinski definition) is 4. The lowest BCUT2D eigenvalue weighted by molar-refractivity contribution is -0.903. The zero-order valence-corrected chi connectivity index (χ0v) is 11.6. The Kier molecular flexibility index (Phi) is 4.75. The molecular formula is C12H22N2O5. The number of nitrogens with zero attached hydrogens (tertiary/aromatic N) is 1. The highest BCUT2D eigenvalue weighted by atomic mass is 16.6. The molecular weight excluding hydrogens is 252 g/mol. The summed E-state index contributed by atoms with van der Waals surface area (Å²) in [6.07, 6.45) is -0.123. The first-order chi connectivity index (χ1) is 8.64. The molecule has 1 unspecified atom stereocenters. The first-order valence-corrected chi connectivity index (χ1v) is 6.44. The first kappa shape index (κ1) is 15.7. The fourth-order valence-electron chi connectivity index (χ4n) is 2.11. The molecule has 0 aliphatic carbocycles. The van der Waals surface area contributed by atoms with Crippen LogP contribution in [0, 0.1) is 5.21 Å². The monoisotopic (exact) mass is 274 g/mol. The molecule has 7 heteroatoms. The lowest BCUT2D eigenvalue weighted by Gasteiger charge is -2.48. The Bertz CT molecular complexity index is 345. The van der Waals surface area contributed by atoms with Gasteiger partial charge in [-0.3, -0.25) is 5.32 Å². The zero-order valence-electron chi connectivity index (χ0n) is 11.6. The Morgan fingerprint density at radius 2 is 1.79 bits per heavy atom. The van der Waals surface area contributed by atoms with Gasteiger partial charge in [-0.15, -0.1) is 0 Å². The van der Waals surface area contributed by atoms with Crippen LogP contribution in [0.1, 0.15) is 40.0 Å². The minimum absolute atomic E-state index is 0.201. The van der Waals surface area contributed by atoms with E-state index in [2.05, 4.69) is 5.32 Å². The van der Waals surface area contributed by atoms with Gasteiger partial charge in [0.05, 0.1) is 13.1 Å². The number of piperidine rings is 1. The van der Waals surface area contributed by atoms with Crippen molar-refractivity contribution in [2.24, 2.45) is 0 Å². The number of likely N-dealkylation sites (tertiary alicyclic amines) is 1. The van der Waals surface area contributed by atoms with Gasteiger partial charge >= 0.3 is 12.1 Å². The molecule has 1 rings (SSSR count). The van der Waals surface area contributed by atoms with E-state index in [-0.39, 0.29) is 13.1 Å². The van der Waals surface area contributed by atoms with Gasteiger partial charge in [-0.2, -0.15) is 0 Å². The Morgan fingerprint density at radius 3 is 2.21 bits per heavy atom. The van der Waals surface area contributed by atoms with Crippen molar-refractivity contribution in [1.29, 1.82) is 0 Å². The highest BCUT2D eigenvalue weighted by Crippen LogP contribution is 2.21. The molecule has 1 saturated heterocycles. The van der Waals surface area contributed by atoms with Gasteiger partial charge in [-0.05, 0) is 40.0 Å². The van der Waals surface area contributed by atoms with E-state index in [1.165, 1.54) is 0 Å². The van der Waals surface area contributed by atoms with Crippen LogP contribution >= 0.6 is 0 Å². The van der Waals surface area contributed by atoms with Crippen molar-refractivity contribution < 1.29 is 24.1 Å². The standard InChI is InChI=1S/C12H22N2O5/c1-12(2,3)19-11(17)13-9(10(15)16)14(18)7-5-4-6-8-14/h9H,4-8H2,1-3H3,(H,13,17)(H,15,16). The van der Waals surface area contributed by atoms with E-state index in [4.69, 9.17) is 9.84 Å². The molecule has 1 atom stereocenters. The second kappa shape index (κ2) is 5.75. The maximum absolute atomic E-state index is 12.5. The van der Waals surface area contributed by atoms with Gasteiger partial charge < -0.3 is 19.7 Å². The molecule has 19 heavy (non-hydrogen) atoms. The number of quaternary nitrogens is 1. The van der Waals surface area contributed by atoms with Crippen molar-refractivity contribution in [2.45, 2.75) is 51.8 Å². The van der Waals surface area contributed by atoms with Gasteiger partial charge in [0.15, 0.2) is 0 Å². The number of rotatable bonds is 3. The molecule has 1 heterocycles. The summed E-state index contributed by atoms with van der Waals surface area (Å²) in [6.45, 7) is 5.42. The largest absolute Gasteiger partial charge is 0.631 e. The number of hydrogen-bond donors (Lipinski definition) is 2. The van der Waals surface area contributed by atoms with E-state index >= 15 is 0 Å². The van der Waals surface area contributed by atoms with Crippen LogP contribution in [0.15, 0.2) is 0 Å². The van der Waals surface area contributed by atoms with Gasteiger partial charge in [0, 0.05) is 0 Å². The third-order valence-corrected chi connectivity index (χ3v) is 2.93. The van der Waals surface area contributed by atoms with Crippen molar-refractivity contribution in [2.75, 3.05) is 13.1 Å².